The number of nitrogens with one attached hydrogen (secondary N) is 4. The summed E-state index contributed by atoms with van der Waals surface area (Å²) < 4.78 is 0. The predicted octanol–water partition coefficient (Wildman–Crippen LogP) is 3.77. The van der Waals surface area contributed by atoms with Gasteiger partial charge in [0, 0.05) is 36.0 Å². The van der Waals surface area contributed by atoms with Gasteiger partial charge in [-0.2, -0.15) is 0 Å². The van der Waals surface area contributed by atoms with E-state index in [0.29, 0.717) is 0 Å². The number of rotatable bonds is 6. The first-order chi connectivity index (χ1) is 15.9. The molecule has 2 saturated heterocycles. The van der Waals surface area contributed by atoms with Crippen LogP contribution in [0.5, 0.6) is 0 Å². The van der Waals surface area contributed by atoms with Gasteiger partial charge in [-0.05, 0) is 75.8 Å². The molecule has 0 unspecified atom stereocenters. The first-order valence-electron chi connectivity index (χ1n) is 12.9. The lowest BCUT2D eigenvalue weighted by Gasteiger charge is -2.24. The van der Waals surface area contributed by atoms with E-state index in [1.54, 1.807) is 0 Å². The van der Waals surface area contributed by atoms with E-state index in [-0.39, 0.29) is 0 Å². The fraction of sp³-hybridized carbons (Fsp3) is 0.571. The molecule has 4 aliphatic rings. The third-order valence-corrected chi connectivity index (χ3v) is 7.61. The Morgan fingerprint density at radius 2 is 0.906 bits per heavy atom. The highest BCUT2D eigenvalue weighted by atomic mass is 15.0. The van der Waals surface area contributed by atoms with Crippen molar-refractivity contribution in [2.45, 2.75) is 74.5 Å². The number of piperidine rings is 2. The van der Waals surface area contributed by atoms with Crippen molar-refractivity contribution in [2.75, 3.05) is 26.2 Å². The molecule has 4 nitrogen and oxygen atoms in total. The van der Waals surface area contributed by atoms with E-state index >= 15 is 0 Å². The topological polar surface area (TPSA) is 48.1 Å². The van der Waals surface area contributed by atoms with Crippen molar-refractivity contribution in [3.63, 3.8) is 0 Å². The summed E-state index contributed by atoms with van der Waals surface area (Å²) in [6.45, 7) is 4.72. The molecule has 172 valence electrons. The van der Waals surface area contributed by atoms with Crippen molar-refractivity contribution < 1.29 is 0 Å². The summed E-state index contributed by atoms with van der Waals surface area (Å²) in [6, 6.07) is 24.8. The molecular formula is C28H40N4. The van der Waals surface area contributed by atoms with E-state index in [1.807, 2.05) is 0 Å². The zero-order valence-corrected chi connectivity index (χ0v) is 19.3. The highest BCUT2D eigenvalue weighted by Crippen LogP contribution is 2.42. The first-order valence-corrected chi connectivity index (χ1v) is 12.9. The van der Waals surface area contributed by atoms with Crippen LogP contribution in [0, 0.1) is 0 Å². The molecule has 0 amide bonds. The minimum absolute atomic E-state index is 0.741. The first kappa shape index (κ1) is 22.1. The largest absolute Gasteiger partial charge is 0.317 e. The van der Waals surface area contributed by atoms with Gasteiger partial charge in [0.05, 0.1) is 0 Å². The Hall–Kier alpha value is -1.72. The normalized spacial score (nSPS) is 30.2. The van der Waals surface area contributed by atoms with Crippen molar-refractivity contribution in [1.82, 2.24) is 21.3 Å². The molecule has 4 heteroatoms. The van der Waals surface area contributed by atoms with Crippen molar-refractivity contribution >= 4 is 0 Å². The quantitative estimate of drug-likeness (QED) is 0.561. The molecule has 2 aliphatic carbocycles. The number of hydrogen-bond donors (Lipinski definition) is 4. The molecule has 0 radical (unpaired) electrons. The third-order valence-electron chi connectivity index (χ3n) is 7.61. The Labute approximate surface area is 194 Å². The molecule has 0 bridgehead atoms. The highest BCUT2D eigenvalue weighted by molar-refractivity contribution is 5.28. The van der Waals surface area contributed by atoms with Gasteiger partial charge in [0.25, 0.3) is 0 Å². The van der Waals surface area contributed by atoms with Crippen LogP contribution < -0.4 is 21.3 Å². The third kappa shape index (κ3) is 6.20. The minimum atomic E-state index is 0.741. The second-order valence-electron chi connectivity index (χ2n) is 10.1. The Morgan fingerprint density at radius 3 is 1.28 bits per heavy atom. The van der Waals surface area contributed by atoms with E-state index < -0.39 is 0 Å². The van der Waals surface area contributed by atoms with Gasteiger partial charge in [0.2, 0.25) is 0 Å². The van der Waals surface area contributed by atoms with Crippen LogP contribution in [0.15, 0.2) is 60.7 Å². The Morgan fingerprint density at radius 1 is 0.531 bits per heavy atom. The fourth-order valence-corrected chi connectivity index (χ4v) is 5.48. The molecule has 0 aromatic heterocycles. The van der Waals surface area contributed by atoms with Crippen LogP contribution in [0.3, 0.4) is 0 Å². The second-order valence-corrected chi connectivity index (χ2v) is 10.1. The van der Waals surface area contributed by atoms with Crippen LogP contribution in [0.25, 0.3) is 0 Å². The average Bonchev–Trinajstić information content (AvgIpc) is 3.79. The van der Waals surface area contributed by atoms with Crippen LogP contribution in [0.1, 0.15) is 61.5 Å². The van der Waals surface area contributed by atoms with Crippen molar-refractivity contribution in [2.24, 2.45) is 0 Å². The van der Waals surface area contributed by atoms with Crippen LogP contribution in [-0.4, -0.2) is 50.3 Å². The van der Waals surface area contributed by atoms with Gasteiger partial charge in [-0.25, -0.2) is 0 Å². The van der Waals surface area contributed by atoms with Gasteiger partial charge in [0.15, 0.2) is 0 Å². The van der Waals surface area contributed by atoms with E-state index in [9.17, 15) is 0 Å². The maximum absolute atomic E-state index is 3.80. The van der Waals surface area contributed by atoms with Crippen molar-refractivity contribution in [1.29, 1.82) is 0 Å². The van der Waals surface area contributed by atoms with Crippen molar-refractivity contribution in [3.8, 4) is 0 Å². The molecule has 4 N–H and O–H groups in total. The molecule has 2 aromatic carbocycles. The van der Waals surface area contributed by atoms with Crippen LogP contribution in [0.4, 0.5) is 0 Å². The molecule has 6 rings (SSSR count). The summed E-state index contributed by atoms with van der Waals surface area (Å²) in [6.07, 6.45) is 7.81. The highest BCUT2D eigenvalue weighted by Gasteiger charge is 2.40. The lowest BCUT2D eigenvalue weighted by molar-refractivity contribution is 0.383. The summed E-state index contributed by atoms with van der Waals surface area (Å²) in [4.78, 5) is 0. The minimum Gasteiger partial charge on any atom is -0.317 e. The molecule has 2 aromatic rings. The van der Waals surface area contributed by atoms with E-state index in [0.717, 1.165) is 36.0 Å². The van der Waals surface area contributed by atoms with Gasteiger partial charge in [-0.1, -0.05) is 60.7 Å². The van der Waals surface area contributed by atoms with Crippen LogP contribution >= 0.6 is 0 Å². The summed E-state index contributed by atoms with van der Waals surface area (Å²) in [5.74, 6) is 1.55. The molecule has 2 saturated carbocycles. The smallest absolute Gasteiger partial charge is 0.0145 e. The zero-order valence-electron chi connectivity index (χ0n) is 19.3. The molecule has 4 atom stereocenters. The van der Waals surface area contributed by atoms with Gasteiger partial charge in [0.1, 0.15) is 0 Å². The van der Waals surface area contributed by atoms with Crippen LogP contribution in [0.2, 0.25) is 0 Å². The Kier molecular flexibility index (Phi) is 7.55. The van der Waals surface area contributed by atoms with Gasteiger partial charge < -0.3 is 21.3 Å². The standard InChI is InChI=1S/2C14H20N2/c2*1-2-4-11(5-3-1)13-10-14(13)16-12-6-8-15-9-7-12/h2*1-5,12-16H,6-10H2/t2*13-,14+/m00/s1. The average molecular weight is 433 g/mol. The lowest BCUT2D eigenvalue weighted by atomic mass is 10.1. The monoisotopic (exact) mass is 432 g/mol. The van der Waals surface area contributed by atoms with E-state index in [1.165, 1.54) is 75.8 Å². The summed E-state index contributed by atoms with van der Waals surface area (Å²) >= 11 is 0. The van der Waals surface area contributed by atoms with Gasteiger partial charge in [-0.15, -0.1) is 0 Å². The zero-order chi connectivity index (χ0) is 21.6. The Balaban J connectivity index is 0.000000135. The summed E-state index contributed by atoms with van der Waals surface area (Å²) in [5, 5.41) is 14.4. The summed E-state index contributed by atoms with van der Waals surface area (Å²) in [5.41, 5.74) is 3.02. The maximum Gasteiger partial charge on any atom is 0.0145 e. The second kappa shape index (κ2) is 10.9. The molecule has 32 heavy (non-hydrogen) atoms. The molecule has 2 aliphatic heterocycles. The summed E-state index contributed by atoms with van der Waals surface area (Å²) in [7, 11) is 0. The number of hydrogen-bond acceptors (Lipinski definition) is 4. The number of benzene rings is 2. The van der Waals surface area contributed by atoms with Crippen molar-refractivity contribution in [3.05, 3.63) is 71.8 Å². The molecular weight excluding hydrogens is 392 g/mol. The molecule has 0 spiro atoms. The lowest BCUT2D eigenvalue weighted by Crippen LogP contribution is -2.41. The predicted molar refractivity (Wildman–Crippen MR) is 133 cm³/mol. The van der Waals surface area contributed by atoms with E-state index in [4.69, 9.17) is 0 Å². The molecule has 2 heterocycles. The maximum atomic E-state index is 3.80. The van der Waals surface area contributed by atoms with Gasteiger partial charge >= 0.3 is 0 Å². The fourth-order valence-electron chi connectivity index (χ4n) is 5.48. The Bertz CT molecular complexity index is 729. The van der Waals surface area contributed by atoms with Gasteiger partial charge in [-0.3, -0.25) is 0 Å². The molecule has 4 fully saturated rings. The van der Waals surface area contributed by atoms with E-state index in [2.05, 4.69) is 81.9 Å². The SMILES string of the molecule is c1ccc([C@@H]2C[C@H]2NC2CCNCC2)cc1.c1ccc([C@@H]2C[C@H]2NC2CCNCC2)cc1. The van der Waals surface area contributed by atoms with Crippen LogP contribution in [-0.2, 0) is 0 Å².